The number of nitrogens with zero attached hydrogens (tertiary/aromatic N) is 2. The molecule has 1 heterocycles. The minimum absolute atomic E-state index is 0. The number of sulfonamides is 1. The number of aliphatic imine (C=N–C) groups is 1. The van der Waals surface area contributed by atoms with E-state index in [0.29, 0.717) is 12.6 Å². The molecule has 2 aliphatic rings. The van der Waals surface area contributed by atoms with Crippen molar-refractivity contribution in [3.63, 3.8) is 0 Å². The molecule has 0 aromatic rings. The lowest BCUT2D eigenvalue weighted by Gasteiger charge is -2.27. The molecule has 1 saturated carbocycles. The van der Waals surface area contributed by atoms with Crippen molar-refractivity contribution in [1.82, 2.24) is 20.3 Å². The summed E-state index contributed by atoms with van der Waals surface area (Å²) in [7, 11) is -1.49. The van der Waals surface area contributed by atoms with Crippen LogP contribution in [0.4, 0.5) is 0 Å². The lowest BCUT2D eigenvalue weighted by Crippen LogP contribution is -2.54. The number of hydrogen-bond donors (Lipinski definition) is 3. The topological polar surface area (TPSA) is 85.8 Å². The van der Waals surface area contributed by atoms with Crippen LogP contribution in [0.1, 0.15) is 46.0 Å². The van der Waals surface area contributed by atoms with Gasteiger partial charge >= 0.3 is 0 Å². The minimum atomic E-state index is -3.23. The molecule has 7 nitrogen and oxygen atoms in total. The van der Waals surface area contributed by atoms with E-state index in [1.54, 1.807) is 7.05 Å². The number of likely N-dealkylation sites (tertiary alicyclic amines) is 1. The Balaban J connectivity index is 0.00000338. The van der Waals surface area contributed by atoms with Crippen LogP contribution in [0.2, 0.25) is 0 Å². The molecule has 1 atom stereocenters. The molecule has 0 amide bonds. The Morgan fingerprint density at radius 1 is 1.23 bits per heavy atom. The van der Waals surface area contributed by atoms with Gasteiger partial charge in [0.05, 0.1) is 6.26 Å². The van der Waals surface area contributed by atoms with Crippen LogP contribution < -0.4 is 15.4 Å². The van der Waals surface area contributed by atoms with Crippen LogP contribution in [0.25, 0.3) is 0 Å². The molecule has 0 aromatic carbocycles. The van der Waals surface area contributed by atoms with Gasteiger partial charge in [0.25, 0.3) is 0 Å². The third kappa shape index (κ3) is 8.71. The van der Waals surface area contributed by atoms with Gasteiger partial charge in [0.15, 0.2) is 5.96 Å². The lowest BCUT2D eigenvalue weighted by atomic mass is 10.1. The smallest absolute Gasteiger partial charge is 0.209 e. The van der Waals surface area contributed by atoms with Crippen LogP contribution in [0, 0.1) is 5.92 Å². The summed E-state index contributed by atoms with van der Waals surface area (Å²) >= 11 is 0. The molecule has 2 fully saturated rings. The normalized spacial score (nSPS) is 23.1. The van der Waals surface area contributed by atoms with Gasteiger partial charge < -0.3 is 15.5 Å². The fourth-order valence-corrected chi connectivity index (χ4v) is 4.98. The highest BCUT2D eigenvalue weighted by molar-refractivity contribution is 14.0. The van der Waals surface area contributed by atoms with Crippen LogP contribution >= 0.6 is 24.0 Å². The van der Waals surface area contributed by atoms with Gasteiger partial charge in [-0.1, -0.05) is 12.8 Å². The summed E-state index contributed by atoms with van der Waals surface area (Å²) in [5, 5.41) is 6.72. The number of guanidine groups is 1. The largest absolute Gasteiger partial charge is 0.355 e. The Hall–Kier alpha value is -0.130. The highest BCUT2D eigenvalue weighted by Gasteiger charge is 2.27. The molecule has 1 aliphatic carbocycles. The first-order valence-electron chi connectivity index (χ1n) is 9.35. The predicted molar refractivity (Wildman–Crippen MR) is 119 cm³/mol. The highest BCUT2D eigenvalue weighted by Crippen LogP contribution is 2.26. The van der Waals surface area contributed by atoms with Crippen molar-refractivity contribution in [3.05, 3.63) is 0 Å². The van der Waals surface area contributed by atoms with E-state index in [9.17, 15) is 8.42 Å². The molecule has 0 radical (unpaired) electrons. The quantitative estimate of drug-likeness (QED) is 0.279. The van der Waals surface area contributed by atoms with Crippen molar-refractivity contribution in [3.8, 4) is 0 Å². The van der Waals surface area contributed by atoms with E-state index >= 15 is 0 Å². The summed E-state index contributed by atoms with van der Waals surface area (Å²) in [5.74, 6) is 1.62. The van der Waals surface area contributed by atoms with E-state index in [-0.39, 0.29) is 24.0 Å². The van der Waals surface area contributed by atoms with Gasteiger partial charge in [-0.15, -0.1) is 24.0 Å². The highest BCUT2D eigenvalue weighted by atomic mass is 127. The molecule has 1 aliphatic heterocycles. The summed E-state index contributed by atoms with van der Waals surface area (Å²) in [5.41, 5.74) is -0.574. The zero-order valence-electron chi connectivity index (χ0n) is 16.5. The van der Waals surface area contributed by atoms with Crippen LogP contribution in [-0.2, 0) is 10.0 Å². The van der Waals surface area contributed by atoms with Crippen molar-refractivity contribution in [2.24, 2.45) is 10.9 Å². The maximum atomic E-state index is 11.4. The zero-order chi connectivity index (χ0) is 18.5. The Kier molecular flexibility index (Phi) is 9.59. The first-order valence-corrected chi connectivity index (χ1v) is 11.2. The Morgan fingerprint density at radius 2 is 1.88 bits per heavy atom. The van der Waals surface area contributed by atoms with E-state index < -0.39 is 15.6 Å². The zero-order valence-corrected chi connectivity index (χ0v) is 19.7. The van der Waals surface area contributed by atoms with Crippen molar-refractivity contribution in [2.75, 3.05) is 39.5 Å². The SMILES string of the molecule is CN=C(NCC(C)(C)NS(C)(=O)=O)NC1CCN(CC2CCCC2)C1.I. The summed E-state index contributed by atoms with van der Waals surface area (Å²) in [4.78, 5) is 6.84. The van der Waals surface area contributed by atoms with Gasteiger partial charge in [0.2, 0.25) is 10.0 Å². The monoisotopic (exact) mass is 501 g/mol. The number of hydrogen-bond acceptors (Lipinski definition) is 4. The second kappa shape index (κ2) is 10.4. The minimum Gasteiger partial charge on any atom is -0.355 e. The average molecular weight is 501 g/mol. The molecule has 1 saturated heterocycles. The van der Waals surface area contributed by atoms with Gasteiger partial charge in [-0.2, -0.15) is 0 Å². The number of nitrogens with one attached hydrogen (secondary N) is 3. The molecule has 2 rings (SSSR count). The first kappa shape index (κ1) is 23.9. The van der Waals surface area contributed by atoms with Crippen molar-refractivity contribution < 1.29 is 8.42 Å². The molecule has 1 unspecified atom stereocenters. The number of rotatable bonds is 7. The molecule has 0 bridgehead atoms. The third-order valence-corrected chi connectivity index (χ3v) is 5.91. The molecule has 3 N–H and O–H groups in total. The van der Waals surface area contributed by atoms with Crippen LogP contribution in [0.5, 0.6) is 0 Å². The van der Waals surface area contributed by atoms with Crippen LogP contribution in [0.3, 0.4) is 0 Å². The maximum absolute atomic E-state index is 11.4. The molecular formula is C17H36IN5O2S. The molecule has 0 aromatic heterocycles. The summed E-state index contributed by atoms with van der Waals surface area (Å²) in [6.45, 7) is 7.61. The van der Waals surface area contributed by atoms with Crippen LogP contribution in [-0.4, -0.2) is 70.3 Å². The molecular weight excluding hydrogens is 465 g/mol. The van der Waals surface area contributed by atoms with Crippen molar-refractivity contribution >= 4 is 40.0 Å². The first-order chi connectivity index (χ1) is 11.7. The Labute approximate surface area is 176 Å². The maximum Gasteiger partial charge on any atom is 0.209 e. The Bertz CT molecular complexity index is 562. The second-order valence-corrected chi connectivity index (χ2v) is 9.97. The fourth-order valence-electron chi connectivity index (χ4n) is 3.91. The van der Waals surface area contributed by atoms with Gasteiger partial charge in [0.1, 0.15) is 0 Å². The van der Waals surface area contributed by atoms with E-state index in [1.807, 2.05) is 13.8 Å². The third-order valence-electron chi connectivity index (χ3n) is 4.99. The summed E-state index contributed by atoms with van der Waals surface area (Å²) in [6.07, 6.45) is 7.88. The van der Waals surface area contributed by atoms with E-state index in [1.165, 1.54) is 38.5 Å². The van der Waals surface area contributed by atoms with Crippen LogP contribution in [0.15, 0.2) is 4.99 Å². The average Bonchev–Trinajstić information content (AvgIpc) is 3.13. The predicted octanol–water partition coefficient (Wildman–Crippen LogP) is 1.36. The van der Waals surface area contributed by atoms with Gasteiger partial charge in [0, 0.05) is 44.8 Å². The number of halogens is 1. The lowest BCUT2D eigenvalue weighted by molar-refractivity contribution is 0.275. The van der Waals surface area contributed by atoms with Gasteiger partial charge in [-0.3, -0.25) is 4.99 Å². The molecule has 9 heteroatoms. The standard InChI is InChI=1S/C17H35N5O2S.HI/c1-17(2,21-25(4,23)24)13-19-16(18-3)20-15-9-10-22(12-15)11-14-7-5-6-8-14;/h14-15,21H,5-13H2,1-4H3,(H2,18,19,20);1H. The van der Waals surface area contributed by atoms with E-state index in [0.717, 1.165) is 31.4 Å². The molecule has 26 heavy (non-hydrogen) atoms. The van der Waals surface area contributed by atoms with E-state index in [4.69, 9.17) is 0 Å². The summed E-state index contributed by atoms with van der Waals surface area (Å²) < 4.78 is 25.5. The van der Waals surface area contributed by atoms with E-state index in [2.05, 4.69) is 25.2 Å². The molecule has 0 spiro atoms. The summed E-state index contributed by atoms with van der Waals surface area (Å²) in [6, 6.07) is 0.401. The van der Waals surface area contributed by atoms with Gasteiger partial charge in [-0.25, -0.2) is 13.1 Å². The van der Waals surface area contributed by atoms with Crippen molar-refractivity contribution in [1.29, 1.82) is 0 Å². The second-order valence-electron chi connectivity index (χ2n) is 8.22. The van der Waals surface area contributed by atoms with Gasteiger partial charge in [-0.05, 0) is 39.0 Å². The molecule has 154 valence electrons. The fraction of sp³-hybridized carbons (Fsp3) is 0.941. The Morgan fingerprint density at radius 3 is 2.46 bits per heavy atom. The van der Waals surface area contributed by atoms with Crippen molar-refractivity contribution in [2.45, 2.75) is 57.5 Å².